The summed E-state index contributed by atoms with van der Waals surface area (Å²) in [5.74, 6) is -0.719. The summed E-state index contributed by atoms with van der Waals surface area (Å²) in [6.45, 7) is 4.98. The molecule has 162 valence electrons. The van der Waals surface area contributed by atoms with Crippen molar-refractivity contribution in [2.45, 2.75) is 39.2 Å². The van der Waals surface area contributed by atoms with Gasteiger partial charge in [0.25, 0.3) is 5.91 Å². The number of hydrogen-bond acceptors (Lipinski definition) is 5. The third-order valence-electron chi connectivity index (χ3n) is 6.09. The van der Waals surface area contributed by atoms with Crippen LogP contribution in [-0.4, -0.2) is 40.7 Å². The molecular weight excluding hydrogens is 394 g/mol. The van der Waals surface area contributed by atoms with E-state index < -0.39 is 11.8 Å². The van der Waals surface area contributed by atoms with Crippen LogP contribution in [0.5, 0.6) is 0 Å². The summed E-state index contributed by atoms with van der Waals surface area (Å²) >= 11 is 0. The van der Waals surface area contributed by atoms with Crippen LogP contribution in [0.3, 0.4) is 0 Å². The maximum atomic E-state index is 13.1. The Hall–Kier alpha value is -3.42. The quantitative estimate of drug-likeness (QED) is 0.643. The summed E-state index contributed by atoms with van der Waals surface area (Å²) in [5, 5.41) is 5.50. The van der Waals surface area contributed by atoms with E-state index in [9.17, 15) is 14.4 Å². The number of aromatic nitrogens is 1. The maximum absolute atomic E-state index is 13.1. The third kappa shape index (κ3) is 4.23. The fraction of sp³-hybridized carbons (Fsp3) is 0.391. The van der Waals surface area contributed by atoms with Crippen molar-refractivity contribution in [1.82, 2.24) is 15.2 Å². The molecule has 0 spiro atoms. The minimum atomic E-state index is -0.708. The minimum Gasteiger partial charge on any atom is -0.383 e. The van der Waals surface area contributed by atoms with Crippen molar-refractivity contribution < 1.29 is 14.4 Å². The molecule has 1 saturated heterocycles. The number of likely N-dealkylation sites (tertiary alicyclic amines) is 1. The fourth-order valence-corrected chi connectivity index (χ4v) is 4.33. The Kier molecular flexibility index (Phi) is 5.63. The molecular formula is C23H27N5O3. The van der Waals surface area contributed by atoms with E-state index in [1.165, 1.54) is 6.20 Å². The van der Waals surface area contributed by atoms with E-state index in [2.05, 4.69) is 22.5 Å². The molecule has 0 unspecified atom stereocenters. The number of carbonyl (C=O) groups is 3. The lowest BCUT2D eigenvalue weighted by molar-refractivity contribution is -0.146. The Morgan fingerprint density at radius 1 is 1.26 bits per heavy atom. The van der Waals surface area contributed by atoms with Crippen LogP contribution in [0.25, 0.3) is 0 Å². The van der Waals surface area contributed by atoms with Gasteiger partial charge in [0.15, 0.2) is 0 Å². The van der Waals surface area contributed by atoms with Crippen molar-refractivity contribution in [3.63, 3.8) is 0 Å². The number of pyridine rings is 1. The molecule has 3 amide bonds. The van der Waals surface area contributed by atoms with E-state index in [0.717, 1.165) is 36.0 Å². The number of carbonyl (C=O) groups excluding carboxylic acids is 3. The summed E-state index contributed by atoms with van der Waals surface area (Å²) < 4.78 is 0. The van der Waals surface area contributed by atoms with Crippen molar-refractivity contribution in [2.24, 2.45) is 5.92 Å². The van der Waals surface area contributed by atoms with Gasteiger partial charge in [-0.3, -0.25) is 14.4 Å². The first-order valence-corrected chi connectivity index (χ1v) is 10.6. The van der Waals surface area contributed by atoms with Gasteiger partial charge in [0.1, 0.15) is 5.82 Å². The van der Waals surface area contributed by atoms with Gasteiger partial charge in [0.05, 0.1) is 17.9 Å². The van der Waals surface area contributed by atoms with Crippen molar-refractivity contribution in [3.8, 4) is 0 Å². The van der Waals surface area contributed by atoms with Crippen LogP contribution in [-0.2, 0) is 16.0 Å². The Bertz CT molecular complexity index is 1050. The van der Waals surface area contributed by atoms with Gasteiger partial charge in [-0.05, 0) is 60.9 Å². The molecule has 2 aromatic rings. The van der Waals surface area contributed by atoms with Crippen LogP contribution < -0.4 is 16.4 Å². The fourth-order valence-electron chi connectivity index (χ4n) is 4.33. The first kappa shape index (κ1) is 20.8. The molecule has 8 heteroatoms. The van der Waals surface area contributed by atoms with Gasteiger partial charge < -0.3 is 21.3 Å². The Labute approximate surface area is 181 Å². The van der Waals surface area contributed by atoms with E-state index in [1.54, 1.807) is 17.9 Å². The number of nitrogens with zero attached hydrogens (tertiary/aromatic N) is 2. The molecule has 2 atom stereocenters. The zero-order chi connectivity index (χ0) is 22.1. The molecule has 2 aliphatic rings. The van der Waals surface area contributed by atoms with Gasteiger partial charge in [-0.25, -0.2) is 4.98 Å². The first-order chi connectivity index (χ1) is 14.8. The van der Waals surface area contributed by atoms with Gasteiger partial charge >= 0.3 is 11.8 Å². The molecule has 1 aromatic heterocycles. The number of nitrogens with one attached hydrogen (secondary N) is 2. The smallest absolute Gasteiger partial charge is 0.313 e. The van der Waals surface area contributed by atoms with Crippen LogP contribution in [0.15, 0.2) is 30.5 Å². The lowest BCUT2D eigenvalue weighted by Gasteiger charge is -2.39. The molecule has 4 rings (SSSR count). The highest BCUT2D eigenvalue weighted by molar-refractivity contribution is 6.39. The zero-order valence-corrected chi connectivity index (χ0v) is 17.8. The lowest BCUT2D eigenvalue weighted by atomic mass is 9.87. The van der Waals surface area contributed by atoms with Gasteiger partial charge in [0, 0.05) is 18.7 Å². The Balaban J connectivity index is 1.57. The highest BCUT2D eigenvalue weighted by Gasteiger charge is 2.35. The Morgan fingerprint density at radius 3 is 2.84 bits per heavy atom. The second kappa shape index (κ2) is 8.37. The molecule has 8 nitrogen and oxygen atoms in total. The average molecular weight is 422 g/mol. The minimum absolute atomic E-state index is 0.0888. The van der Waals surface area contributed by atoms with Gasteiger partial charge in [0.2, 0.25) is 0 Å². The maximum Gasteiger partial charge on any atom is 0.313 e. The van der Waals surface area contributed by atoms with Gasteiger partial charge in [-0.2, -0.15) is 0 Å². The summed E-state index contributed by atoms with van der Waals surface area (Å²) in [7, 11) is 0. The molecule has 0 bridgehead atoms. The second-order valence-electron chi connectivity index (χ2n) is 8.46. The molecule has 0 radical (unpaired) electrons. The molecule has 4 N–H and O–H groups in total. The normalized spacial score (nSPS) is 20.6. The predicted octanol–water partition coefficient (Wildman–Crippen LogP) is 2.20. The van der Waals surface area contributed by atoms with Crippen molar-refractivity contribution in [3.05, 3.63) is 52.7 Å². The van der Waals surface area contributed by atoms with E-state index >= 15 is 0 Å². The molecule has 31 heavy (non-hydrogen) atoms. The molecule has 0 aliphatic carbocycles. The van der Waals surface area contributed by atoms with E-state index in [1.807, 2.05) is 18.2 Å². The third-order valence-corrected chi connectivity index (χ3v) is 6.09. The highest BCUT2D eigenvalue weighted by atomic mass is 16.2. The topological polar surface area (TPSA) is 117 Å². The molecule has 1 aromatic carbocycles. The lowest BCUT2D eigenvalue weighted by Crippen LogP contribution is -2.46. The van der Waals surface area contributed by atoms with Crippen molar-refractivity contribution >= 4 is 29.2 Å². The Morgan fingerprint density at radius 2 is 2.06 bits per heavy atom. The van der Waals surface area contributed by atoms with Crippen LogP contribution in [0.4, 0.5) is 11.5 Å². The monoisotopic (exact) mass is 421 g/mol. The standard InChI is InChI=1S/C23H27N5O3/c1-13-3-6-19(16-5-4-15-7-8-25-21(29)18(15)10-16)28(12-13)23(31)22(30)27-17-9-14(2)20(24)26-11-17/h4-5,9-11,13,19H,3,6-8,12H2,1-2H3,(H2,24,26)(H,25,29)(H,27,30)/t13-,19+/m0/s1. The van der Waals surface area contributed by atoms with E-state index in [0.29, 0.717) is 30.2 Å². The number of piperidine rings is 1. The van der Waals surface area contributed by atoms with Crippen LogP contribution in [0, 0.1) is 12.8 Å². The van der Waals surface area contributed by atoms with Crippen molar-refractivity contribution in [1.29, 1.82) is 0 Å². The van der Waals surface area contributed by atoms with E-state index in [4.69, 9.17) is 5.73 Å². The SMILES string of the molecule is Cc1cc(NC(=O)C(=O)N2C[C@@H](C)CC[C@@H]2c2ccc3c(c2)C(=O)NCC3)cnc1N. The molecule has 1 fully saturated rings. The number of hydrogen-bond donors (Lipinski definition) is 3. The molecule has 0 saturated carbocycles. The predicted molar refractivity (Wildman–Crippen MR) is 117 cm³/mol. The number of aryl methyl sites for hydroxylation is 1. The second-order valence-corrected chi connectivity index (χ2v) is 8.46. The summed E-state index contributed by atoms with van der Waals surface area (Å²) in [6, 6.07) is 7.25. The number of nitrogens with two attached hydrogens (primary N) is 1. The van der Waals surface area contributed by atoms with Crippen molar-refractivity contribution in [2.75, 3.05) is 24.1 Å². The van der Waals surface area contributed by atoms with E-state index in [-0.39, 0.29) is 17.9 Å². The highest BCUT2D eigenvalue weighted by Crippen LogP contribution is 2.34. The molecule has 3 heterocycles. The largest absolute Gasteiger partial charge is 0.383 e. The van der Waals surface area contributed by atoms with Crippen LogP contribution in [0.1, 0.15) is 52.9 Å². The number of amides is 3. The summed E-state index contributed by atoms with van der Waals surface area (Å²) in [6.07, 6.45) is 3.92. The van der Waals surface area contributed by atoms with Gasteiger partial charge in [-0.1, -0.05) is 19.1 Å². The van der Waals surface area contributed by atoms with Crippen LogP contribution in [0.2, 0.25) is 0 Å². The average Bonchev–Trinajstić information content (AvgIpc) is 2.76. The zero-order valence-electron chi connectivity index (χ0n) is 17.8. The van der Waals surface area contributed by atoms with Crippen LogP contribution >= 0.6 is 0 Å². The number of nitrogen functional groups attached to an aromatic ring is 1. The first-order valence-electron chi connectivity index (χ1n) is 10.6. The number of rotatable bonds is 2. The number of fused-ring (bicyclic) bond motifs is 1. The number of anilines is 2. The number of benzene rings is 1. The summed E-state index contributed by atoms with van der Waals surface area (Å²) in [4.78, 5) is 43.8. The summed E-state index contributed by atoms with van der Waals surface area (Å²) in [5.41, 5.74) is 9.43. The van der Waals surface area contributed by atoms with Gasteiger partial charge in [-0.15, -0.1) is 0 Å². The molecule has 2 aliphatic heterocycles.